The highest BCUT2D eigenvalue weighted by Gasteiger charge is 2.56. The van der Waals surface area contributed by atoms with Gasteiger partial charge in [0.2, 0.25) is 0 Å². The Kier molecular flexibility index (Phi) is 2.70. The molecule has 3 heterocycles. The minimum absolute atomic E-state index is 0.0724. The summed E-state index contributed by atoms with van der Waals surface area (Å²) in [6, 6.07) is 12.5. The van der Waals surface area contributed by atoms with E-state index < -0.39 is 0 Å². The number of hydrogen-bond acceptors (Lipinski definition) is 4. The molecular weight excluding hydrogens is 274 g/mol. The van der Waals surface area contributed by atoms with Gasteiger partial charge in [0.15, 0.2) is 0 Å². The zero-order valence-electron chi connectivity index (χ0n) is 10.8. The standard InChI is InChI=1S/C15H14ClN3O/c16-11-3-6-14(17-7-11)19-12-4-1-10(2-5-12)15-9-18-13(15)8-20-15/h1-7,13,18H,8-9H2,(H,17,19). The largest absolute Gasteiger partial charge is 0.365 e. The number of nitrogens with zero attached hydrogens (tertiary/aromatic N) is 1. The molecule has 102 valence electrons. The van der Waals surface area contributed by atoms with Crippen LogP contribution in [0.3, 0.4) is 0 Å². The highest BCUT2D eigenvalue weighted by Crippen LogP contribution is 2.43. The number of morpholine rings is 1. The second-order valence-corrected chi connectivity index (χ2v) is 5.63. The van der Waals surface area contributed by atoms with Crippen LogP contribution in [-0.4, -0.2) is 24.2 Å². The number of aromatic nitrogens is 1. The molecule has 4 rings (SSSR count). The van der Waals surface area contributed by atoms with E-state index in [4.69, 9.17) is 16.3 Å². The van der Waals surface area contributed by atoms with Crippen LogP contribution in [0, 0.1) is 0 Å². The van der Waals surface area contributed by atoms with Gasteiger partial charge >= 0.3 is 0 Å². The van der Waals surface area contributed by atoms with E-state index in [0.717, 1.165) is 24.7 Å². The number of anilines is 2. The van der Waals surface area contributed by atoms with Crippen molar-refractivity contribution in [2.45, 2.75) is 11.6 Å². The van der Waals surface area contributed by atoms with Crippen molar-refractivity contribution in [3.05, 3.63) is 53.2 Å². The number of fused-ring (bicyclic) bond motifs is 1. The van der Waals surface area contributed by atoms with Crippen LogP contribution in [0.1, 0.15) is 5.56 Å². The molecule has 4 nitrogen and oxygen atoms in total. The Bertz CT molecular complexity index is 619. The van der Waals surface area contributed by atoms with Crippen LogP contribution in [0.25, 0.3) is 0 Å². The van der Waals surface area contributed by atoms with E-state index in [2.05, 4.69) is 39.9 Å². The Morgan fingerprint density at radius 2 is 2.10 bits per heavy atom. The molecule has 2 N–H and O–H groups in total. The molecule has 2 aliphatic heterocycles. The van der Waals surface area contributed by atoms with Gasteiger partial charge in [-0.25, -0.2) is 4.98 Å². The average Bonchev–Trinajstić information content (AvgIpc) is 2.46. The summed E-state index contributed by atoms with van der Waals surface area (Å²) < 4.78 is 5.76. The minimum Gasteiger partial charge on any atom is -0.365 e. The SMILES string of the molecule is Clc1ccc(Nc2ccc(C34CNC3CO4)cc2)nc1. The lowest BCUT2D eigenvalue weighted by molar-refractivity contribution is -0.233. The number of benzene rings is 1. The highest BCUT2D eigenvalue weighted by molar-refractivity contribution is 6.30. The van der Waals surface area contributed by atoms with E-state index in [-0.39, 0.29) is 5.60 Å². The topological polar surface area (TPSA) is 46.2 Å². The van der Waals surface area contributed by atoms with Gasteiger partial charge in [-0.15, -0.1) is 0 Å². The smallest absolute Gasteiger partial charge is 0.130 e. The van der Waals surface area contributed by atoms with Gasteiger partial charge in [0.1, 0.15) is 11.4 Å². The lowest BCUT2D eigenvalue weighted by Crippen LogP contribution is -2.76. The molecule has 2 atom stereocenters. The Labute approximate surface area is 122 Å². The van der Waals surface area contributed by atoms with Gasteiger partial charge in [-0.2, -0.15) is 0 Å². The van der Waals surface area contributed by atoms with Crippen molar-refractivity contribution in [3.63, 3.8) is 0 Å². The maximum absolute atomic E-state index is 5.82. The van der Waals surface area contributed by atoms with E-state index in [0.29, 0.717) is 11.1 Å². The van der Waals surface area contributed by atoms with E-state index in [9.17, 15) is 0 Å². The molecule has 0 amide bonds. The lowest BCUT2D eigenvalue weighted by atomic mass is 9.76. The molecule has 20 heavy (non-hydrogen) atoms. The first kappa shape index (κ1) is 12.1. The minimum atomic E-state index is -0.0724. The van der Waals surface area contributed by atoms with Gasteiger partial charge in [-0.3, -0.25) is 0 Å². The normalized spacial score (nSPS) is 27.1. The molecule has 2 aromatic rings. The summed E-state index contributed by atoms with van der Waals surface area (Å²) in [6.07, 6.45) is 1.63. The van der Waals surface area contributed by atoms with Crippen molar-refractivity contribution < 1.29 is 4.74 Å². The van der Waals surface area contributed by atoms with Crippen LogP contribution in [0.4, 0.5) is 11.5 Å². The Morgan fingerprint density at radius 1 is 1.25 bits per heavy atom. The number of pyridine rings is 1. The van der Waals surface area contributed by atoms with E-state index in [1.165, 1.54) is 5.56 Å². The molecule has 0 radical (unpaired) electrons. The number of rotatable bonds is 3. The van der Waals surface area contributed by atoms with E-state index in [1.54, 1.807) is 6.20 Å². The third-order valence-corrected chi connectivity index (χ3v) is 4.28. The van der Waals surface area contributed by atoms with Crippen LogP contribution in [0.2, 0.25) is 5.02 Å². The molecule has 1 aromatic carbocycles. The average molecular weight is 288 g/mol. The number of halogens is 1. The molecule has 0 saturated carbocycles. The predicted molar refractivity (Wildman–Crippen MR) is 78.4 cm³/mol. The second-order valence-electron chi connectivity index (χ2n) is 5.20. The molecule has 0 bridgehead atoms. The van der Waals surface area contributed by atoms with Crippen LogP contribution in [-0.2, 0) is 10.3 Å². The number of nitrogens with one attached hydrogen (secondary N) is 2. The Hall–Kier alpha value is -1.62. The fourth-order valence-corrected chi connectivity index (χ4v) is 2.84. The molecular formula is C15H14ClN3O. The molecule has 2 saturated heterocycles. The molecule has 2 unspecified atom stereocenters. The fraction of sp³-hybridized carbons (Fsp3) is 0.267. The van der Waals surface area contributed by atoms with Gasteiger partial charge in [0, 0.05) is 18.4 Å². The molecule has 2 fully saturated rings. The zero-order chi connectivity index (χ0) is 13.6. The molecule has 0 aliphatic carbocycles. The first-order valence-electron chi connectivity index (χ1n) is 6.63. The molecule has 5 heteroatoms. The van der Waals surface area contributed by atoms with Crippen molar-refractivity contribution in [3.8, 4) is 0 Å². The van der Waals surface area contributed by atoms with Gasteiger partial charge in [-0.05, 0) is 29.8 Å². The van der Waals surface area contributed by atoms with Crippen molar-refractivity contribution >= 4 is 23.1 Å². The Balaban J connectivity index is 1.51. The zero-order valence-corrected chi connectivity index (χ0v) is 11.5. The summed E-state index contributed by atoms with van der Waals surface area (Å²) in [5, 5.41) is 7.26. The van der Waals surface area contributed by atoms with Gasteiger partial charge in [0.05, 0.1) is 17.7 Å². The number of hydrogen-bond donors (Lipinski definition) is 2. The van der Waals surface area contributed by atoms with Gasteiger partial charge in [-0.1, -0.05) is 23.7 Å². The van der Waals surface area contributed by atoms with Gasteiger partial charge in [0.25, 0.3) is 0 Å². The van der Waals surface area contributed by atoms with E-state index in [1.807, 2.05) is 12.1 Å². The molecule has 1 aromatic heterocycles. The number of ether oxygens (including phenoxy) is 1. The van der Waals surface area contributed by atoms with Crippen LogP contribution >= 0.6 is 11.6 Å². The summed E-state index contributed by atoms with van der Waals surface area (Å²) in [5.41, 5.74) is 2.17. The maximum Gasteiger partial charge on any atom is 0.130 e. The summed E-state index contributed by atoms with van der Waals surface area (Å²) in [7, 11) is 0. The van der Waals surface area contributed by atoms with Crippen LogP contribution in [0.15, 0.2) is 42.6 Å². The first-order chi connectivity index (χ1) is 9.76. The van der Waals surface area contributed by atoms with Crippen molar-refractivity contribution in [1.82, 2.24) is 10.3 Å². The monoisotopic (exact) mass is 287 g/mol. The molecule has 2 aliphatic rings. The summed E-state index contributed by atoms with van der Waals surface area (Å²) in [4.78, 5) is 4.22. The molecule has 0 spiro atoms. The quantitative estimate of drug-likeness (QED) is 0.911. The van der Waals surface area contributed by atoms with Crippen molar-refractivity contribution in [2.75, 3.05) is 18.5 Å². The predicted octanol–water partition coefficient (Wildman–Crippen LogP) is 2.68. The first-order valence-corrected chi connectivity index (χ1v) is 7.00. The van der Waals surface area contributed by atoms with Gasteiger partial charge < -0.3 is 15.4 Å². The highest BCUT2D eigenvalue weighted by atomic mass is 35.5. The summed E-state index contributed by atoms with van der Waals surface area (Å²) in [5.74, 6) is 0.781. The van der Waals surface area contributed by atoms with Crippen LogP contribution in [0.5, 0.6) is 0 Å². The summed E-state index contributed by atoms with van der Waals surface area (Å²) in [6.45, 7) is 1.72. The van der Waals surface area contributed by atoms with E-state index >= 15 is 0 Å². The maximum atomic E-state index is 5.82. The van der Waals surface area contributed by atoms with Crippen LogP contribution < -0.4 is 10.6 Å². The third-order valence-electron chi connectivity index (χ3n) is 4.05. The Morgan fingerprint density at radius 3 is 2.60 bits per heavy atom. The second kappa shape index (κ2) is 4.45. The van der Waals surface area contributed by atoms with Crippen molar-refractivity contribution in [2.24, 2.45) is 0 Å². The third kappa shape index (κ3) is 1.80. The fourth-order valence-electron chi connectivity index (χ4n) is 2.73. The summed E-state index contributed by atoms with van der Waals surface area (Å²) >= 11 is 5.82. The lowest BCUT2D eigenvalue weighted by Gasteiger charge is -2.58. The van der Waals surface area contributed by atoms with Crippen molar-refractivity contribution in [1.29, 1.82) is 0 Å².